The molecule has 1 fully saturated rings. The van der Waals surface area contributed by atoms with Crippen LogP contribution >= 0.6 is 47.0 Å². The number of non-ortho nitro benzene ring substituents is 1. The van der Waals surface area contributed by atoms with Crippen LogP contribution in [0.4, 0.5) is 5.69 Å². The predicted molar refractivity (Wildman–Crippen MR) is 133 cm³/mol. The largest absolute Gasteiger partial charge is 0.348 e. The van der Waals surface area contributed by atoms with E-state index in [-0.39, 0.29) is 33.8 Å². The smallest absolute Gasteiger partial charge is 0.270 e. The summed E-state index contributed by atoms with van der Waals surface area (Å²) in [4.78, 5) is 37.3. The molecule has 1 aromatic carbocycles. The van der Waals surface area contributed by atoms with Gasteiger partial charge in [0.2, 0.25) is 3.79 Å². The van der Waals surface area contributed by atoms with Crippen LogP contribution in [0.2, 0.25) is 0 Å². The Hall–Kier alpha value is -2.40. The van der Waals surface area contributed by atoms with Crippen molar-refractivity contribution in [3.8, 4) is 0 Å². The maximum atomic E-state index is 12.7. The van der Waals surface area contributed by atoms with Crippen molar-refractivity contribution < 1.29 is 9.72 Å². The Balaban J connectivity index is 1.47. The summed E-state index contributed by atoms with van der Waals surface area (Å²) in [5, 5.41) is 16.8. The summed E-state index contributed by atoms with van der Waals surface area (Å²) in [6.45, 7) is 1.77. The third kappa shape index (κ3) is 5.30. The first kappa shape index (κ1) is 24.7. The number of benzene rings is 1. The molecule has 2 N–H and O–H groups in total. The summed E-state index contributed by atoms with van der Waals surface area (Å²) in [6.07, 6.45) is -0.256. The molecule has 180 valence electrons. The third-order valence-corrected chi connectivity index (χ3v) is 6.99. The first-order valence-electron chi connectivity index (χ1n) is 10.4. The molecule has 3 atom stereocenters. The van der Waals surface area contributed by atoms with Crippen molar-refractivity contribution in [2.75, 3.05) is 13.1 Å². The summed E-state index contributed by atoms with van der Waals surface area (Å²) >= 11 is 23.9. The van der Waals surface area contributed by atoms with Crippen LogP contribution in [0, 0.1) is 16.0 Å². The average molecular weight is 545 g/mol. The Morgan fingerprint density at radius 2 is 1.88 bits per heavy atom. The molecule has 2 aliphatic rings. The molecule has 1 aromatic heterocycles. The number of fused-ring (bicyclic) bond motifs is 4. The van der Waals surface area contributed by atoms with E-state index in [1.54, 1.807) is 12.1 Å². The van der Waals surface area contributed by atoms with Crippen LogP contribution in [0.5, 0.6) is 0 Å². The van der Waals surface area contributed by atoms with Crippen molar-refractivity contribution in [1.29, 1.82) is 0 Å². The van der Waals surface area contributed by atoms with E-state index in [1.807, 2.05) is 15.5 Å². The molecule has 0 saturated carbocycles. The number of likely N-dealkylation sites (tertiary alicyclic amines) is 1. The van der Waals surface area contributed by atoms with Crippen LogP contribution in [0.3, 0.4) is 0 Å². The molecule has 0 aliphatic carbocycles. The standard InChI is InChI=1S/C21H20Cl3N5O4S/c22-21(23,24)19(25-18(31)13-3-1-4-15(8-13)29(32)33)26-20(34)27-9-12-7-14(11-27)16-5-2-6-17(30)28(16)10-12/h1-6,8,12,14,19H,7,9-11H2,(H,25,31)(H,26,34)/t12-,14-,19+/m0/s1. The van der Waals surface area contributed by atoms with Crippen molar-refractivity contribution in [1.82, 2.24) is 20.1 Å². The summed E-state index contributed by atoms with van der Waals surface area (Å²) < 4.78 is -0.151. The number of nitrogens with one attached hydrogen (secondary N) is 2. The van der Waals surface area contributed by atoms with Gasteiger partial charge in [-0.2, -0.15) is 0 Å². The molecular formula is C21H20Cl3N5O4S. The van der Waals surface area contributed by atoms with E-state index < -0.39 is 20.8 Å². The van der Waals surface area contributed by atoms with Crippen LogP contribution in [0.25, 0.3) is 0 Å². The van der Waals surface area contributed by atoms with E-state index in [9.17, 15) is 19.7 Å². The molecule has 0 spiro atoms. The highest BCUT2D eigenvalue weighted by Crippen LogP contribution is 2.35. The number of halogens is 3. The van der Waals surface area contributed by atoms with Gasteiger partial charge in [0.25, 0.3) is 17.2 Å². The first-order chi connectivity index (χ1) is 16.0. The van der Waals surface area contributed by atoms with Gasteiger partial charge < -0.3 is 20.1 Å². The zero-order valence-corrected chi connectivity index (χ0v) is 20.7. The lowest BCUT2D eigenvalue weighted by Crippen LogP contribution is -2.60. The van der Waals surface area contributed by atoms with E-state index >= 15 is 0 Å². The SMILES string of the molecule is O=C(N[C@H](NC(=S)N1C[C@@H]2C[C@@H](C1)c1cccc(=O)n1C2)C(Cl)(Cl)Cl)c1cccc([N+](=O)[O-])c1. The molecule has 4 rings (SSSR count). The Morgan fingerprint density at radius 3 is 2.59 bits per heavy atom. The fourth-order valence-electron chi connectivity index (χ4n) is 4.45. The van der Waals surface area contributed by atoms with Crippen molar-refractivity contribution in [3.05, 3.63) is 74.2 Å². The number of amides is 1. The number of aromatic nitrogens is 1. The highest BCUT2D eigenvalue weighted by Gasteiger charge is 2.39. The Labute approximate surface area is 215 Å². The normalized spacial score (nSPS) is 20.1. The molecule has 0 radical (unpaired) electrons. The minimum absolute atomic E-state index is 0.0125. The number of nitrogens with zero attached hydrogens (tertiary/aromatic N) is 3. The van der Waals surface area contributed by atoms with Crippen molar-refractivity contribution in [3.63, 3.8) is 0 Å². The van der Waals surface area contributed by atoms with E-state index in [4.69, 9.17) is 47.0 Å². The van der Waals surface area contributed by atoms with Crippen LogP contribution < -0.4 is 16.2 Å². The van der Waals surface area contributed by atoms with Gasteiger partial charge in [0.1, 0.15) is 6.17 Å². The summed E-state index contributed by atoms with van der Waals surface area (Å²) in [5.74, 6) is -0.331. The van der Waals surface area contributed by atoms with Gasteiger partial charge in [-0.1, -0.05) is 46.9 Å². The summed E-state index contributed by atoms with van der Waals surface area (Å²) in [6, 6.07) is 10.5. The van der Waals surface area contributed by atoms with Crippen molar-refractivity contribution >= 4 is 63.7 Å². The van der Waals surface area contributed by atoms with Gasteiger partial charge in [-0.3, -0.25) is 19.7 Å². The minimum atomic E-state index is -1.97. The molecule has 9 nitrogen and oxygen atoms in total. The highest BCUT2D eigenvalue weighted by molar-refractivity contribution is 7.80. The molecule has 2 aromatic rings. The maximum absolute atomic E-state index is 12.7. The molecule has 1 saturated heterocycles. The molecule has 1 amide bonds. The Morgan fingerprint density at radius 1 is 1.15 bits per heavy atom. The van der Waals surface area contributed by atoms with E-state index in [2.05, 4.69) is 10.6 Å². The summed E-state index contributed by atoms with van der Waals surface area (Å²) in [7, 11) is 0. The van der Waals surface area contributed by atoms with Gasteiger partial charge in [-0.05, 0) is 36.7 Å². The number of carbonyl (C=O) groups is 1. The van der Waals surface area contributed by atoms with Gasteiger partial charge in [0.15, 0.2) is 5.11 Å². The van der Waals surface area contributed by atoms with Gasteiger partial charge in [-0.25, -0.2) is 0 Å². The second-order valence-electron chi connectivity index (χ2n) is 8.31. The fraction of sp³-hybridized carbons (Fsp3) is 0.381. The fourth-order valence-corrected chi connectivity index (χ4v) is 5.05. The molecule has 0 unspecified atom stereocenters. The molecule has 34 heavy (non-hydrogen) atoms. The number of pyridine rings is 1. The number of piperidine rings is 1. The molecule has 2 aliphatic heterocycles. The number of carbonyl (C=O) groups excluding carboxylic acids is 1. The number of nitro groups is 1. The topological polar surface area (TPSA) is 110 Å². The summed E-state index contributed by atoms with van der Waals surface area (Å²) in [5.41, 5.74) is 0.756. The molecular weight excluding hydrogens is 525 g/mol. The van der Waals surface area contributed by atoms with Crippen LogP contribution in [0.15, 0.2) is 47.3 Å². The highest BCUT2D eigenvalue weighted by atomic mass is 35.6. The number of hydrogen-bond donors (Lipinski definition) is 2. The molecule has 2 bridgehead atoms. The predicted octanol–water partition coefficient (Wildman–Crippen LogP) is 3.18. The zero-order valence-electron chi connectivity index (χ0n) is 17.6. The minimum Gasteiger partial charge on any atom is -0.348 e. The van der Waals surface area contributed by atoms with E-state index in [0.717, 1.165) is 18.2 Å². The number of hydrogen-bond acceptors (Lipinski definition) is 5. The number of nitro benzene ring substituents is 1. The van der Waals surface area contributed by atoms with E-state index in [0.29, 0.717) is 19.6 Å². The lowest BCUT2D eigenvalue weighted by atomic mass is 9.83. The molecule has 13 heteroatoms. The van der Waals surface area contributed by atoms with Gasteiger partial charge in [0, 0.05) is 55.0 Å². The Bertz CT molecular complexity index is 1200. The number of thiocarbonyl (C=S) groups is 1. The molecule has 3 heterocycles. The average Bonchev–Trinajstić information content (AvgIpc) is 2.78. The van der Waals surface area contributed by atoms with Gasteiger partial charge >= 0.3 is 0 Å². The third-order valence-electron chi connectivity index (χ3n) is 5.96. The van der Waals surface area contributed by atoms with Crippen LogP contribution in [0.1, 0.15) is 28.4 Å². The van der Waals surface area contributed by atoms with Gasteiger partial charge in [-0.15, -0.1) is 0 Å². The van der Waals surface area contributed by atoms with Crippen molar-refractivity contribution in [2.45, 2.75) is 28.8 Å². The zero-order chi connectivity index (χ0) is 24.6. The lowest BCUT2D eigenvalue weighted by Gasteiger charge is -2.44. The maximum Gasteiger partial charge on any atom is 0.270 e. The quantitative estimate of drug-likeness (QED) is 0.200. The second-order valence-corrected chi connectivity index (χ2v) is 11.1. The monoisotopic (exact) mass is 543 g/mol. The van der Waals surface area contributed by atoms with E-state index in [1.165, 1.54) is 18.2 Å². The van der Waals surface area contributed by atoms with Gasteiger partial charge in [0.05, 0.1) is 4.92 Å². The van der Waals surface area contributed by atoms with Crippen molar-refractivity contribution in [2.24, 2.45) is 5.92 Å². The first-order valence-corrected chi connectivity index (χ1v) is 11.9. The second kappa shape index (κ2) is 9.69. The number of alkyl halides is 3. The lowest BCUT2D eigenvalue weighted by molar-refractivity contribution is -0.384. The number of rotatable bonds is 4. The van der Waals surface area contributed by atoms with Crippen LogP contribution in [-0.2, 0) is 6.54 Å². The van der Waals surface area contributed by atoms with Crippen LogP contribution in [-0.4, -0.2) is 48.5 Å². The Kier molecular flexibility index (Phi) is 7.04.